The summed E-state index contributed by atoms with van der Waals surface area (Å²) in [6.45, 7) is 5.19. The predicted molar refractivity (Wildman–Crippen MR) is 105 cm³/mol. The molecule has 1 amide bonds. The molecule has 0 unspecified atom stereocenters. The van der Waals surface area contributed by atoms with E-state index in [1.165, 1.54) is 11.1 Å². The monoisotopic (exact) mass is 365 g/mol. The zero-order valence-corrected chi connectivity index (χ0v) is 16.2. The van der Waals surface area contributed by atoms with Crippen molar-refractivity contribution in [2.45, 2.75) is 13.0 Å². The number of amides is 1. The average Bonchev–Trinajstić information content (AvgIpc) is 3.20. The molecule has 0 spiro atoms. The summed E-state index contributed by atoms with van der Waals surface area (Å²) in [5.41, 5.74) is 2.52. The Kier molecular flexibility index (Phi) is 4.83. The molecule has 3 heterocycles. The number of carbonyl (C=O) groups excluding carboxylic acids is 1. The number of carbonyl (C=O) groups is 1. The van der Waals surface area contributed by atoms with Crippen LogP contribution in [0.25, 0.3) is 0 Å². The molecule has 2 aliphatic heterocycles. The van der Waals surface area contributed by atoms with E-state index in [1.54, 1.807) is 12.4 Å². The van der Waals surface area contributed by atoms with Crippen LogP contribution in [-0.2, 0) is 4.79 Å². The van der Waals surface area contributed by atoms with Crippen LogP contribution in [0.15, 0.2) is 42.7 Å². The van der Waals surface area contributed by atoms with Crippen molar-refractivity contribution in [1.82, 2.24) is 19.8 Å². The molecule has 6 nitrogen and oxygen atoms in total. The second-order valence-electron chi connectivity index (χ2n) is 7.96. The summed E-state index contributed by atoms with van der Waals surface area (Å²) in [5.74, 6) is 1.86. The van der Waals surface area contributed by atoms with E-state index in [0.29, 0.717) is 18.4 Å². The number of hydrogen-bond donors (Lipinski definition) is 0. The molecule has 1 aromatic heterocycles. The van der Waals surface area contributed by atoms with Gasteiger partial charge in [-0.3, -0.25) is 4.79 Å². The first-order valence-electron chi connectivity index (χ1n) is 9.56. The molecule has 0 aliphatic carbocycles. The summed E-state index contributed by atoms with van der Waals surface area (Å²) in [7, 11) is 3.90. The number of anilines is 1. The molecular weight excluding hydrogens is 338 g/mol. The van der Waals surface area contributed by atoms with Crippen molar-refractivity contribution in [2.24, 2.45) is 11.8 Å². The lowest BCUT2D eigenvalue weighted by atomic mass is 9.87. The van der Waals surface area contributed by atoms with Crippen LogP contribution >= 0.6 is 0 Å². The molecule has 0 bridgehead atoms. The Morgan fingerprint density at radius 1 is 1.11 bits per heavy atom. The van der Waals surface area contributed by atoms with Crippen molar-refractivity contribution in [2.75, 3.05) is 45.2 Å². The van der Waals surface area contributed by atoms with E-state index in [-0.39, 0.29) is 11.9 Å². The summed E-state index contributed by atoms with van der Waals surface area (Å²) >= 11 is 0. The predicted octanol–water partition coefficient (Wildman–Crippen LogP) is 1.98. The Labute approximate surface area is 160 Å². The summed E-state index contributed by atoms with van der Waals surface area (Å²) in [5, 5.41) is 0. The molecule has 1 aromatic carbocycles. The summed E-state index contributed by atoms with van der Waals surface area (Å²) in [6.07, 6.45) is 3.59. The smallest absolute Gasteiger partial charge is 0.237 e. The van der Waals surface area contributed by atoms with Gasteiger partial charge in [0.25, 0.3) is 0 Å². The number of rotatable bonds is 4. The molecule has 2 aliphatic rings. The Hall–Kier alpha value is -2.47. The maximum Gasteiger partial charge on any atom is 0.237 e. The summed E-state index contributed by atoms with van der Waals surface area (Å²) in [4.78, 5) is 28.2. The minimum atomic E-state index is 0.123. The molecule has 0 saturated carbocycles. The van der Waals surface area contributed by atoms with Gasteiger partial charge in [0.15, 0.2) is 0 Å². The van der Waals surface area contributed by atoms with Gasteiger partial charge in [0.1, 0.15) is 0 Å². The number of fused-ring (bicyclic) bond motifs is 1. The summed E-state index contributed by atoms with van der Waals surface area (Å²) in [6, 6.07) is 10.4. The molecule has 2 saturated heterocycles. The van der Waals surface area contributed by atoms with E-state index in [0.717, 1.165) is 25.6 Å². The maximum absolute atomic E-state index is 13.0. The van der Waals surface area contributed by atoms with Gasteiger partial charge in [-0.2, -0.15) is 0 Å². The van der Waals surface area contributed by atoms with Crippen LogP contribution in [0.3, 0.4) is 0 Å². The van der Waals surface area contributed by atoms with E-state index in [2.05, 4.69) is 51.0 Å². The molecule has 142 valence electrons. The zero-order valence-electron chi connectivity index (χ0n) is 16.2. The molecule has 6 heteroatoms. The third-order valence-corrected chi connectivity index (χ3v) is 5.78. The first-order chi connectivity index (χ1) is 13.0. The minimum absolute atomic E-state index is 0.123. The molecule has 2 aromatic rings. The Bertz CT molecular complexity index is 809. The second-order valence-corrected chi connectivity index (χ2v) is 7.96. The van der Waals surface area contributed by atoms with Crippen LogP contribution < -0.4 is 4.90 Å². The van der Waals surface area contributed by atoms with Crippen LogP contribution in [0, 0.1) is 18.8 Å². The van der Waals surface area contributed by atoms with Crippen molar-refractivity contribution in [1.29, 1.82) is 0 Å². The summed E-state index contributed by atoms with van der Waals surface area (Å²) < 4.78 is 0. The highest BCUT2D eigenvalue weighted by Gasteiger charge is 2.49. The van der Waals surface area contributed by atoms with Crippen LogP contribution in [0.4, 0.5) is 5.95 Å². The van der Waals surface area contributed by atoms with Crippen LogP contribution in [0.1, 0.15) is 17.2 Å². The van der Waals surface area contributed by atoms with Crippen molar-refractivity contribution >= 4 is 11.9 Å². The molecule has 0 N–H and O–H groups in total. The fraction of sp³-hybridized carbons (Fsp3) is 0.476. The van der Waals surface area contributed by atoms with Gasteiger partial charge in [0.2, 0.25) is 11.9 Å². The van der Waals surface area contributed by atoms with Crippen molar-refractivity contribution in [3.8, 4) is 0 Å². The Balaban J connectivity index is 1.64. The highest BCUT2D eigenvalue weighted by Crippen LogP contribution is 2.46. The Morgan fingerprint density at radius 2 is 1.85 bits per heavy atom. The molecule has 4 rings (SSSR count). The lowest BCUT2D eigenvalue weighted by Crippen LogP contribution is -2.40. The highest BCUT2D eigenvalue weighted by atomic mass is 16.2. The van der Waals surface area contributed by atoms with Gasteiger partial charge >= 0.3 is 0 Å². The number of aryl methyl sites for hydroxylation is 1. The molecule has 2 fully saturated rings. The fourth-order valence-electron chi connectivity index (χ4n) is 4.60. The van der Waals surface area contributed by atoms with Gasteiger partial charge in [0.05, 0.1) is 12.6 Å². The number of nitrogens with zero attached hydrogens (tertiary/aromatic N) is 5. The van der Waals surface area contributed by atoms with Crippen molar-refractivity contribution in [3.05, 3.63) is 53.9 Å². The van der Waals surface area contributed by atoms with Crippen LogP contribution in [0.5, 0.6) is 0 Å². The van der Waals surface area contributed by atoms with Crippen molar-refractivity contribution < 1.29 is 4.79 Å². The fourth-order valence-corrected chi connectivity index (χ4v) is 4.60. The molecule has 3 atom stereocenters. The number of hydrogen-bond acceptors (Lipinski definition) is 5. The lowest BCUT2D eigenvalue weighted by Gasteiger charge is -2.31. The van der Waals surface area contributed by atoms with Crippen LogP contribution in [-0.4, -0.2) is 65.9 Å². The number of benzene rings is 1. The SMILES string of the molecule is Cc1ccccc1[C@H]1[C@@H]2CN(c3ncccn3)C[C@@H]2CN1C(=O)CN(C)C. The third kappa shape index (κ3) is 3.41. The first kappa shape index (κ1) is 17.9. The number of likely N-dealkylation sites (tertiary alicyclic amines) is 1. The van der Waals surface area contributed by atoms with E-state index >= 15 is 0 Å². The van der Waals surface area contributed by atoms with E-state index in [4.69, 9.17) is 0 Å². The standard InChI is InChI=1S/C21H27N5O/c1-15-7-4-5-8-17(15)20-18-13-25(21-22-9-6-10-23-21)11-16(18)12-26(20)19(27)14-24(2)3/h4-10,16,18,20H,11-14H2,1-3H3/t16-,18-,20+/m1/s1. The largest absolute Gasteiger partial charge is 0.340 e. The van der Waals surface area contributed by atoms with Gasteiger partial charge in [0, 0.05) is 43.9 Å². The number of aromatic nitrogens is 2. The Morgan fingerprint density at radius 3 is 2.56 bits per heavy atom. The normalized spacial score (nSPS) is 24.5. The molecule has 27 heavy (non-hydrogen) atoms. The van der Waals surface area contributed by atoms with E-state index < -0.39 is 0 Å². The first-order valence-corrected chi connectivity index (χ1v) is 9.56. The lowest BCUT2D eigenvalue weighted by molar-refractivity contribution is -0.133. The van der Waals surface area contributed by atoms with E-state index in [1.807, 2.05) is 25.1 Å². The van der Waals surface area contributed by atoms with Gasteiger partial charge in [-0.25, -0.2) is 9.97 Å². The van der Waals surface area contributed by atoms with Gasteiger partial charge in [-0.05, 0) is 38.2 Å². The quantitative estimate of drug-likeness (QED) is 0.829. The van der Waals surface area contributed by atoms with Gasteiger partial charge in [-0.1, -0.05) is 24.3 Å². The third-order valence-electron chi connectivity index (χ3n) is 5.78. The average molecular weight is 365 g/mol. The van der Waals surface area contributed by atoms with Crippen LogP contribution in [0.2, 0.25) is 0 Å². The van der Waals surface area contributed by atoms with Gasteiger partial charge < -0.3 is 14.7 Å². The zero-order chi connectivity index (χ0) is 19.0. The molecule has 0 radical (unpaired) electrons. The minimum Gasteiger partial charge on any atom is -0.340 e. The molecular formula is C21H27N5O. The highest BCUT2D eigenvalue weighted by molar-refractivity contribution is 5.79. The van der Waals surface area contributed by atoms with Gasteiger partial charge in [-0.15, -0.1) is 0 Å². The number of likely N-dealkylation sites (N-methyl/N-ethyl adjacent to an activating group) is 1. The topological polar surface area (TPSA) is 52.6 Å². The maximum atomic E-state index is 13.0. The second kappa shape index (κ2) is 7.27. The van der Waals surface area contributed by atoms with Crippen molar-refractivity contribution in [3.63, 3.8) is 0 Å². The van der Waals surface area contributed by atoms with E-state index in [9.17, 15) is 4.79 Å².